The molecule has 0 unspecified atom stereocenters. The van der Waals surface area contributed by atoms with Crippen molar-refractivity contribution < 1.29 is 14.6 Å². The fourth-order valence-corrected chi connectivity index (χ4v) is 1.65. The van der Waals surface area contributed by atoms with E-state index in [9.17, 15) is 14.8 Å². The molecule has 0 amide bonds. The highest BCUT2D eigenvalue weighted by Crippen LogP contribution is 2.33. The summed E-state index contributed by atoms with van der Waals surface area (Å²) in [5.41, 5.74) is 1.30. The molecule has 2 rings (SSSR count). The topological polar surface area (TPSA) is 86.4 Å². The zero-order valence-electron chi connectivity index (χ0n) is 9.04. The quantitative estimate of drug-likeness (QED) is 0.476. The third-order valence-electron chi connectivity index (χ3n) is 2.51. The molecule has 17 heavy (non-hydrogen) atoms. The molecule has 2 N–H and O–H groups in total. The average molecular weight is 232 g/mol. The third kappa shape index (κ3) is 1.80. The average Bonchev–Trinajstić information content (AvgIpc) is 2.76. The van der Waals surface area contributed by atoms with Gasteiger partial charge in [-0.05, 0) is 17.3 Å². The van der Waals surface area contributed by atoms with Crippen molar-refractivity contribution in [3.8, 4) is 17.0 Å². The molecule has 0 fully saturated rings. The van der Waals surface area contributed by atoms with Crippen LogP contribution in [0, 0.1) is 4.91 Å². The van der Waals surface area contributed by atoms with Crippen molar-refractivity contribution in [1.29, 1.82) is 0 Å². The molecule has 1 aromatic heterocycles. The number of aldehydes is 1. The lowest BCUT2D eigenvalue weighted by Crippen LogP contribution is -2.31. The number of hydrogen-bond acceptors (Lipinski definition) is 4. The Morgan fingerprint density at radius 3 is 2.76 bits per heavy atom. The SMILES string of the molecule is C[n+]1[nH]ccc1-c1cc(C=O)c(O)c(N=O)c1. The van der Waals surface area contributed by atoms with E-state index in [1.54, 1.807) is 24.0 Å². The molecular weight excluding hydrogens is 222 g/mol. The number of nitroso groups, excluding NO2 is 1. The Hall–Kier alpha value is -2.50. The summed E-state index contributed by atoms with van der Waals surface area (Å²) in [5.74, 6) is -0.392. The van der Waals surface area contributed by atoms with Crippen molar-refractivity contribution in [3.05, 3.63) is 34.9 Å². The number of rotatable bonds is 3. The number of benzene rings is 1. The molecule has 0 saturated heterocycles. The van der Waals surface area contributed by atoms with E-state index in [0.717, 1.165) is 5.69 Å². The number of phenols is 1. The van der Waals surface area contributed by atoms with Crippen LogP contribution < -0.4 is 4.68 Å². The number of phenolic OH excluding ortho intramolecular Hbond substituents is 1. The summed E-state index contributed by atoms with van der Waals surface area (Å²) < 4.78 is 1.72. The number of aromatic nitrogens is 2. The van der Waals surface area contributed by atoms with Gasteiger partial charge in [0.05, 0.1) is 17.3 Å². The van der Waals surface area contributed by atoms with Crippen molar-refractivity contribution in [2.45, 2.75) is 0 Å². The van der Waals surface area contributed by atoms with Gasteiger partial charge in [-0.15, -0.1) is 9.59 Å². The van der Waals surface area contributed by atoms with Crippen LogP contribution in [-0.4, -0.2) is 16.5 Å². The fraction of sp³-hybridized carbons (Fsp3) is 0.0909. The molecule has 1 heterocycles. The maximum absolute atomic E-state index is 10.8. The number of H-pyrrole nitrogens is 1. The first kappa shape index (κ1) is 11.0. The monoisotopic (exact) mass is 232 g/mol. The smallest absolute Gasteiger partial charge is 0.238 e. The third-order valence-corrected chi connectivity index (χ3v) is 2.51. The van der Waals surface area contributed by atoms with Gasteiger partial charge in [-0.25, -0.2) is 0 Å². The summed E-state index contributed by atoms with van der Waals surface area (Å²) in [4.78, 5) is 21.3. The first-order chi connectivity index (χ1) is 8.17. The molecule has 0 bridgehead atoms. The number of nitrogens with one attached hydrogen (secondary N) is 1. The molecule has 0 spiro atoms. The molecule has 86 valence electrons. The number of hydrogen-bond donors (Lipinski definition) is 2. The van der Waals surface area contributed by atoms with Gasteiger partial charge in [-0.3, -0.25) is 4.79 Å². The van der Waals surface area contributed by atoms with E-state index in [1.165, 1.54) is 12.1 Å². The van der Waals surface area contributed by atoms with Gasteiger partial charge in [-0.1, -0.05) is 0 Å². The second kappa shape index (κ2) is 4.17. The van der Waals surface area contributed by atoms with Crippen LogP contribution in [0.1, 0.15) is 10.4 Å². The lowest BCUT2D eigenvalue weighted by atomic mass is 10.1. The van der Waals surface area contributed by atoms with Crippen molar-refractivity contribution >= 4 is 12.0 Å². The maximum atomic E-state index is 10.8. The minimum Gasteiger partial charge on any atom is -0.505 e. The van der Waals surface area contributed by atoms with Crippen molar-refractivity contribution in [1.82, 2.24) is 5.10 Å². The van der Waals surface area contributed by atoms with E-state index in [-0.39, 0.29) is 11.3 Å². The van der Waals surface area contributed by atoms with Crippen LogP contribution in [0.5, 0.6) is 5.75 Å². The minimum atomic E-state index is -0.392. The van der Waals surface area contributed by atoms with Crippen LogP contribution in [0.25, 0.3) is 11.3 Å². The zero-order valence-corrected chi connectivity index (χ0v) is 9.04. The maximum Gasteiger partial charge on any atom is 0.238 e. The van der Waals surface area contributed by atoms with Crippen molar-refractivity contribution in [2.75, 3.05) is 0 Å². The van der Waals surface area contributed by atoms with Gasteiger partial charge >= 0.3 is 0 Å². The highest BCUT2D eigenvalue weighted by atomic mass is 16.3. The second-order valence-corrected chi connectivity index (χ2v) is 3.55. The Kier molecular flexibility index (Phi) is 2.70. The van der Waals surface area contributed by atoms with E-state index < -0.39 is 5.75 Å². The first-order valence-corrected chi connectivity index (χ1v) is 4.86. The van der Waals surface area contributed by atoms with E-state index >= 15 is 0 Å². The standard InChI is InChI=1S/C11H9N3O3/c1-14-10(2-3-12-14)7-4-8(6-15)11(16)9(5-7)13-17/h2-6H,1H3,(H,12,15,16,17)/p+1. The number of aryl methyl sites for hydroxylation is 1. The summed E-state index contributed by atoms with van der Waals surface area (Å²) >= 11 is 0. The number of aromatic amines is 1. The summed E-state index contributed by atoms with van der Waals surface area (Å²) in [6.45, 7) is 0. The van der Waals surface area contributed by atoms with Crippen molar-refractivity contribution in [2.24, 2.45) is 12.2 Å². The molecule has 1 aromatic carbocycles. The van der Waals surface area contributed by atoms with Crippen LogP contribution in [-0.2, 0) is 7.05 Å². The molecule has 0 atom stereocenters. The molecule has 2 aromatic rings. The predicted octanol–water partition coefficient (Wildman–Crippen LogP) is 1.42. The second-order valence-electron chi connectivity index (χ2n) is 3.55. The molecular formula is C11H10N3O3+. The van der Waals surface area contributed by atoms with Gasteiger partial charge in [0, 0.05) is 6.07 Å². The predicted molar refractivity (Wildman–Crippen MR) is 59.9 cm³/mol. The van der Waals surface area contributed by atoms with Gasteiger partial charge < -0.3 is 5.11 Å². The van der Waals surface area contributed by atoms with Gasteiger partial charge in [0.25, 0.3) is 0 Å². The van der Waals surface area contributed by atoms with Gasteiger partial charge in [0.1, 0.15) is 0 Å². The summed E-state index contributed by atoms with van der Waals surface area (Å²) in [5, 5.41) is 15.2. The van der Waals surface area contributed by atoms with E-state index in [4.69, 9.17) is 0 Å². The molecule has 0 aliphatic carbocycles. The summed E-state index contributed by atoms with van der Waals surface area (Å²) in [6, 6.07) is 4.72. The fourth-order valence-electron chi connectivity index (χ4n) is 1.65. The van der Waals surface area contributed by atoms with Gasteiger partial charge in [0.15, 0.2) is 24.8 Å². The first-order valence-electron chi connectivity index (χ1n) is 4.86. The van der Waals surface area contributed by atoms with Crippen molar-refractivity contribution in [3.63, 3.8) is 0 Å². The largest absolute Gasteiger partial charge is 0.505 e. The van der Waals surface area contributed by atoms with Gasteiger partial charge in [-0.2, -0.15) is 5.10 Å². The molecule has 6 nitrogen and oxygen atoms in total. The summed E-state index contributed by atoms with van der Waals surface area (Å²) in [6.07, 6.45) is 2.21. The Morgan fingerprint density at radius 1 is 1.47 bits per heavy atom. The highest BCUT2D eigenvalue weighted by molar-refractivity contribution is 5.86. The Labute approximate surface area is 96.5 Å². The lowest BCUT2D eigenvalue weighted by molar-refractivity contribution is -0.716. The van der Waals surface area contributed by atoms with Crippen LogP contribution in [0.4, 0.5) is 5.69 Å². The van der Waals surface area contributed by atoms with Crippen LogP contribution >= 0.6 is 0 Å². The Balaban J connectivity index is 2.68. The minimum absolute atomic E-state index is 0.0401. The van der Waals surface area contributed by atoms with E-state index in [0.29, 0.717) is 11.8 Å². The molecule has 0 radical (unpaired) electrons. The highest BCUT2D eigenvalue weighted by Gasteiger charge is 2.16. The molecule has 0 aliphatic heterocycles. The van der Waals surface area contributed by atoms with E-state index in [1.807, 2.05) is 0 Å². The zero-order chi connectivity index (χ0) is 12.4. The lowest BCUT2D eigenvalue weighted by Gasteiger charge is -2.02. The van der Waals surface area contributed by atoms with E-state index in [2.05, 4.69) is 10.3 Å². The van der Waals surface area contributed by atoms with Gasteiger partial charge in [0.2, 0.25) is 5.69 Å². The number of aromatic hydroxyl groups is 1. The number of nitrogens with zero attached hydrogens (tertiary/aromatic N) is 2. The van der Waals surface area contributed by atoms with Crippen LogP contribution in [0.15, 0.2) is 29.6 Å². The number of carbonyl (C=O) groups is 1. The Bertz CT molecular complexity index is 560. The van der Waals surface area contributed by atoms with Crippen LogP contribution in [0.3, 0.4) is 0 Å². The molecule has 6 heteroatoms. The van der Waals surface area contributed by atoms with Crippen LogP contribution in [0.2, 0.25) is 0 Å². The normalized spacial score (nSPS) is 10.2. The number of carbonyl (C=O) groups excluding carboxylic acids is 1. The molecule has 0 aliphatic rings. The molecule has 0 saturated carbocycles. The summed E-state index contributed by atoms with van der Waals surface area (Å²) in [7, 11) is 1.79. The Morgan fingerprint density at radius 2 is 2.24 bits per heavy atom.